The van der Waals surface area contributed by atoms with Crippen molar-refractivity contribution in [2.24, 2.45) is 5.41 Å². The van der Waals surface area contributed by atoms with E-state index in [0.717, 1.165) is 0 Å². The zero-order valence-electron chi connectivity index (χ0n) is 11.5. The van der Waals surface area contributed by atoms with E-state index in [1.165, 1.54) is 0 Å². The van der Waals surface area contributed by atoms with E-state index in [-0.39, 0.29) is 11.8 Å². The predicted molar refractivity (Wildman–Crippen MR) is 81.0 cm³/mol. The lowest BCUT2D eigenvalue weighted by Crippen LogP contribution is -2.34. The normalized spacial score (nSPS) is 29.0. The Labute approximate surface area is 131 Å². The van der Waals surface area contributed by atoms with Crippen molar-refractivity contribution in [2.75, 3.05) is 10.6 Å². The fourth-order valence-electron chi connectivity index (χ4n) is 2.20. The van der Waals surface area contributed by atoms with Gasteiger partial charge in [0, 0.05) is 5.69 Å². The van der Waals surface area contributed by atoms with Gasteiger partial charge in [0.05, 0.1) is 11.1 Å². The molecule has 0 radical (unpaired) electrons. The third-order valence-corrected chi connectivity index (χ3v) is 5.03. The average Bonchev–Trinajstić information content (AvgIpc) is 2.92. The van der Waals surface area contributed by atoms with E-state index in [9.17, 15) is 9.59 Å². The number of carbonyl (C=O) groups excluding carboxylic acids is 2. The first kappa shape index (κ1) is 14.5. The number of hydrogen-bond donors (Lipinski definition) is 2. The summed E-state index contributed by atoms with van der Waals surface area (Å²) in [6.45, 7) is 3.38. The summed E-state index contributed by atoms with van der Waals surface area (Å²) in [7, 11) is 0. The number of nitrogens with one attached hydrogen (secondary N) is 2. The molecular weight excluding hydrogens is 315 g/mol. The van der Waals surface area contributed by atoms with Crippen LogP contribution in [0.3, 0.4) is 0 Å². The summed E-state index contributed by atoms with van der Waals surface area (Å²) < 4.78 is 4.43. The second kappa shape index (κ2) is 4.52. The lowest BCUT2D eigenvalue weighted by Gasteiger charge is -2.24. The van der Waals surface area contributed by atoms with Gasteiger partial charge in [-0.05, 0) is 38.5 Å². The lowest BCUT2D eigenvalue weighted by atomic mass is 10.1. The number of rotatable bonds is 2. The van der Waals surface area contributed by atoms with Crippen molar-refractivity contribution in [3.05, 3.63) is 18.2 Å². The van der Waals surface area contributed by atoms with Crippen LogP contribution >= 0.6 is 23.2 Å². The van der Waals surface area contributed by atoms with Gasteiger partial charge in [-0.3, -0.25) is 9.59 Å². The van der Waals surface area contributed by atoms with Crippen LogP contribution in [0.25, 0.3) is 0 Å². The van der Waals surface area contributed by atoms with Gasteiger partial charge in [0.1, 0.15) is 10.1 Å². The number of halogens is 2. The molecule has 1 aliphatic heterocycles. The first-order chi connectivity index (χ1) is 9.73. The molecule has 2 aliphatic rings. The molecule has 1 aliphatic carbocycles. The molecule has 1 aromatic carbocycles. The fourth-order valence-corrected chi connectivity index (χ4v) is 2.91. The van der Waals surface area contributed by atoms with Crippen LogP contribution in [-0.2, 0) is 9.59 Å². The number of hydrogen-bond acceptors (Lipinski definition) is 3. The number of anilines is 2. The highest BCUT2D eigenvalue weighted by Gasteiger charge is 2.67. The largest absolute Gasteiger partial charge is 0.479 e. The van der Waals surface area contributed by atoms with Gasteiger partial charge < -0.3 is 15.4 Å². The van der Waals surface area contributed by atoms with Crippen LogP contribution in [-0.4, -0.2) is 22.3 Å². The van der Waals surface area contributed by atoms with E-state index >= 15 is 0 Å². The van der Waals surface area contributed by atoms with Gasteiger partial charge >= 0.3 is 0 Å². The van der Waals surface area contributed by atoms with Gasteiger partial charge in [0.25, 0.3) is 5.91 Å². The topological polar surface area (TPSA) is 67.4 Å². The highest BCUT2D eigenvalue weighted by Crippen LogP contribution is 2.64. The number of alkyl halides is 2. The molecule has 7 heteroatoms. The minimum Gasteiger partial charge on any atom is -0.479 e. The van der Waals surface area contributed by atoms with Crippen molar-refractivity contribution in [3.8, 4) is 5.75 Å². The summed E-state index contributed by atoms with van der Waals surface area (Å²) >= 11 is 12.0. The second-order valence-corrected chi connectivity index (χ2v) is 7.11. The van der Waals surface area contributed by atoms with E-state index in [2.05, 4.69) is 10.6 Å². The fraction of sp³-hybridized carbons (Fsp3) is 0.429. The summed E-state index contributed by atoms with van der Waals surface area (Å²) in [6.07, 6.45) is -0.117. The molecule has 1 aromatic rings. The highest BCUT2D eigenvalue weighted by atomic mass is 35.5. The first-order valence-corrected chi connectivity index (χ1v) is 7.29. The third-order valence-electron chi connectivity index (χ3n) is 3.93. The van der Waals surface area contributed by atoms with Crippen LogP contribution in [0.5, 0.6) is 5.75 Å². The molecule has 5 nitrogen and oxygen atoms in total. The Balaban J connectivity index is 1.78. The molecule has 1 heterocycles. The maximum absolute atomic E-state index is 12.2. The van der Waals surface area contributed by atoms with Crippen molar-refractivity contribution in [3.63, 3.8) is 0 Å². The number of ether oxygens (including phenoxy) is 1. The average molecular weight is 329 g/mol. The molecule has 2 atom stereocenters. The minimum atomic E-state index is -1.02. The Bertz CT molecular complexity index is 647. The van der Waals surface area contributed by atoms with Crippen molar-refractivity contribution in [1.82, 2.24) is 0 Å². The van der Waals surface area contributed by atoms with Crippen molar-refractivity contribution in [1.29, 1.82) is 0 Å². The molecule has 2 amide bonds. The van der Waals surface area contributed by atoms with E-state index in [4.69, 9.17) is 27.9 Å². The lowest BCUT2D eigenvalue weighted by molar-refractivity contribution is -0.122. The number of amides is 2. The molecule has 21 heavy (non-hydrogen) atoms. The predicted octanol–water partition coefficient (Wildman–Crippen LogP) is 2.93. The van der Waals surface area contributed by atoms with Gasteiger partial charge in [-0.1, -0.05) is 0 Å². The molecule has 0 spiro atoms. The third kappa shape index (κ3) is 2.34. The Morgan fingerprint density at radius 3 is 2.76 bits per heavy atom. The highest BCUT2D eigenvalue weighted by molar-refractivity contribution is 6.53. The van der Waals surface area contributed by atoms with Crippen LogP contribution in [0.15, 0.2) is 18.2 Å². The molecule has 1 saturated carbocycles. The summed E-state index contributed by atoms with van der Waals surface area (Å²) in [4.78, 5) is 23.8. The molecule has 0 bridgehead atoms. The van der Waals surface area contributed by atoms with Crippen LogP contribution in [0, 0.1) is 5.41 Å². The number of fused-ring (bicyclic) bond motifs is 1. The number of benzene rings is 1. The molecule has 0 aromatic heterocycles. The van der Waals surface area contributed by atoms with E-state index in [0.29, 0.717) is 23.5 Å². The molecule has 2 N–H and O–H groups in total. The first-order valence-electron chi connectivity index (χ1n) is 6.54. The quantitative estimate of drug-likeness (QED) is 0.820. The van der Waals surface area contributed by atoms with Gasteiger partial charge in [0.15, 0.2) is 6.10 Å². The maximum atomic E-state index is 12.2. The molecule has 112 valence electrons. The summed E-state index contributed by atoms with van der Waals surface area (Å²) in [5.74, 6) is 0.103. The van der Waals surface area contributed by atoms with Crippen LogP contribution in [0.2, 0.25) is 0 Å². The monoisotopic (exact) mass is 328 g/mol. The Hall–Kier alpha value is -1.46. The van der Waals surface area contributed by atoms with E-state index in [1.807, 2.05) is 0 Å². The smallest absolute Gasteiger partial charge is 0.265 e. The minimum absolute atomic E-state index is 0.222. The van der Waals surface area contributed by atoms with Gasteiger partial charge in [-0.25, -0.2) is 0 Å². The molecule has 2 unspecified atom stereocenters. The molecule has 1 fully saturated rings. The van der Waals surface area contributed by atoms with Gasteiger partial charge in [-0.15, -0.1) is 23.2 Å². The zero-order chi connectivity index (χ0) is 15.4. The van der Waals surface area contributed by atoms with Crippen molar-refractivity contribution < 1.29 is 14.3 Å². The summed E-state index contributed by atoms with van der Waals surface area (Å²) in [6, 6.07) is 5.05. The van der Waals surface area contributed by atoms with Gasteiger partial charge in [-0.2, -0.15) is 0 Å². The van der Waals surface area contributed by atoms with Crippen LogP contribution in [0.1, 0.15) is 20.3 Å². The zero-order valence-corrected chi connectivity index (χ0v) is 13.0. The summed E-state index contributed by atoms with van der Waals surface area (Å²) in [5, 5.41) is 5.49. The Morgan fingerprint density at radius 2 is 2.14 bits per heavy atom. The SMILES string of the molecule is CC1Oc2ccc(NC(=O)C3(C)CC3(Cl)Cl)cc2NC1=O. The second-order valence-electron chi connectivity index (χ2n) is 5.63. The standard InChI is InChI=1S/C14H14Cl2N2O3/c1-7-11(19)18-9-5-8(3-4-10(9)21-7)17-12(20)13(2)6-14(13,15)16/h3-5,7H,6H2,1-2H3,(H,17,20)(H,18,19). The Kier molecular flexibility index (Phi) is 3.11. The number of carbonyl (C=O) groups is 2. The van der Waals surface area contributed by atoms with Crippen molar-refractivity contribution >= 4 is 46.4 Å². The molecule has 0 saturated heterocycles. The van der Waals surface area contributed by atoms with E-state index < -0.39 is 15.9 Å². The van der Waals surface area contributed by atoms with E-state index in [1.54, 1.807) is 32.0 Å². The maximum Gasteiger partial charge on any atom is 0.265 e. The van der Waals surface area contributed by atoms with Crippen molar-refractivity contribution in [2.45, 2.75) is 30.7 Å². The summed E-state index contributed by atoms with van der Waals surface area (Å²) in [5.41, 5.74) is 0.287. The van der Waals surface area contributed by atoms with Crippen LogP contribution in [0.4, 0.5) is 11.4 Å². The molecular formula is C14H14Cl2N2O3. The van der Waals surface area contributed by atoms with Gasteiger partial charge in [0.2, 0.25) is 5.91 Å². The Morgan fingerprint density at radius 1 is 1.48 bits per heavy atom. The van der Waals surface area contributed by atoms with Crippen LogP contribution < -0.4 is 15.4 Å². The molecule has 3 rings (SSSR count).